The Bertz CT molecular complexity index is 1360. The van der Waals surface area contributed by atoms with Gasteiger partial charge in [-0.15, -0.1) is 0 Å². The van der Waals surface area contributed by atoms with Gasteiger partial charge in [-0.2, -0.15) is 0 Å². The Morgan fingerprint density at radius 3 is 2.08 bits per heavy atom. The third-order valence-electron chi connectivity index (χ3n) is 6.40. The third-order valence-corrected chi connectivity index (χ3v) is 8.17. The number of ether oxygens (including phenoxy) is 2. The highest BCUT2D eigenvalue weighted by Crippen LogP contribution is 2.33. The molecular formula is C29H36N2O5S. The van der Waals surface area contributed by atoms with Crippen molar-refractivity contribution in [2.75, 3.05) is 25.1 Å². The summed E-state index contributed by atoms with van der Waals surface area (Å²) in [5.74, 6) is 0.304. The summed E-state index contributed by atoms with van der Waals surface area (Å²) in [6.07, 6.45) is 0.667. The van der Waals surface area contributed by atoms with E-state index >= 15 is 0 Å². The van der Waals surface area contributed by atoms with Crippen molar-refractivity contribution in [3.8, 4) is 11.5 Å². The van der Waals surface area contributed by atoms with Crippen LogP contribution in [0.3, 0.4) is 0 Å². The molecule has 0 aliphatic rings. The minimum Gasteiger partial charge on any atom is -0.493 e. The molecule has 0 radical (unpaired) electrons. The summed E-state index contributed by atoms with van der Waals surface area (Å²) >= 11 is 0. The van der Waals surface area contributed by atoms with Crippen LogP contribution >= 0.6 is 0 Å². The van der Waals surface area contributed by atoms with Crippen LogP contribution in [0.15, 0.2) is 59.5 Å². The van der Waals surface area contributed by atoms with Gasteiger partial charge in [0.1, 0.15) is 6.54 Å². The number of amides is 1. The fraction of sp³-hybridized carbons (Fsp3) is 0.345. The van der Waals surface area contributed by atoms with Crippen molar-refractivity contribution in [2.24, 2.45) is 0 Å². The molecule has 0 heterocycles. The highest BCUT2D eigenvalue weighted by molar-refractivity contribution is 7.92. The van der Waals surface area contributed by atoms with Gasteiger partial charge in [-0.05, 0) is 86.2 Å². The Hall–Kier alpha value is -3.52. The molecule has 0 aliphatic carbocycles. The molecular weight excluding hydrogens is 488 g/mol. The maximum absolute atomic E-state index is 13.9. The summed E-state index contributed by atoms with van der Waals surface area (Å²) in [5, 5.41) is 3.03. The first-order valence-corrected chi connectivity index (χ1v) is 13.6. The van der Waals surface area contributed by atoms with Crippen molar-refractivity contribution >= 4 is 21.6 Å². The highest BCUT2D eigenvalue weighted by Gasteiger charge is 2.29. The van der Waals surface area contributed by atoms with Crippen molar-refractivity contribution in [3.63, 3.8) is 0 Å². The van der Waals surface area contributed by atoms with Gasteiger partial charge in [0.15, 0.2) is 11.5 Å². The number of hydrogen-bond donors (Lipinski definition) is 1. The molecule has 1 atom stereocenters. The van der Waals surface area contributed by atoms with Gasteiger partial charge in [-0.1, -0.05) is 31.2 Å². The predicted octanol–water partition coefficient (Wildman–Crippen LogP) is 5.40. The van der Waals surface area contributed by atoms with E-state index in [1.54, 1.807) is 12.1 Å². The van der Waals surface area contributed by atoms with Crippen LogP contribution in [0.4, 0.5) is 5.69 Å². The number of benzene rings is 3. The van der Waals surface area contributed by atoms with Gasteiger partial charge in [0.05, 0.1) is 30.8 Å². The standard InChI is InChI=1S/C29H36N2O5S/c1-8-26(23-10-9-21(4)22(5)16-23)30-29(32)18-31(24-14-19(2)13-20(3)15-24)37(33,34)25-11-12-27(35-6)28(17-25)36-7/h9-17,26H,8,18H2,1-7H3,(H,30,32). The van der Waals surface area contributed by atoms with Crippen LogP contribution in [0, 0.1) is 27.7 Å². The monoisotopic (exact) mass is 524 g/mol. The smallest absolute Gasteiger partial charge is 0.264 e. The van der Waals surface area contributed by atoms with Crippen LogP contribution in [-0.2, 0) is 14.8 Å². The molecule has 0 saturated heterocycles. The van der Waals surface area contributed by atoms with Crippen LogP contribution in [0.1, 0.15) is 47.2 Å². The number of anilines is 1. The number of aryl methyl sites for hydroxylation is 4. The van der Waals surface area contributed by atoms with E-state index in [0.29, 0.717) is 17.9 Å². The van der Waals surface area contributed by atoms with Gasteiger partial charge in [-0.3, -0.25) is 9.10 Å². The zero-order chi connectivity index (χ0) is 27.3. The lowest BCUT2D eigenvalue weighted by molar-refractivity contribution is -0.120. The Balaban J connectivity index is 2.00. The van der Waals surface area contributed by atoms with Crippen LogP contribution in [0.25, 0.3) is 0 Å². The molecule has 0 fully saturated rings. The van der Waals surface area contributed by atoms with E-state index in [9.17, 15) is 13.2 Å². The quantitative estimate of drug-likeness (QED) is 0.384. The predicted molar refractivity (Wildman–Crippen MR) is 147 cm³/mol. The molecule has 0 bridgehead atoms. The second-order valence-electron chi connectivity index (χ2n) is 9.25. The van der Waals surface area contributed by atoms with Crippen molar-refractivity contribution in [1.29, 1.82) is 0 Å². The molecule has 0 spiro atoms. The molecule has 0 aliphatic heterocycles. The first-order chi connectivity index (χ1) is 17.5. The SMILES string of the molecule is CCC(NC(=O)CN(c1cc(C)cc(C)c1)S(=O)(=O)c1ccc(OC)c(OC)c1)c1ccc(C)c(C)c1. The van der Waals surface area contributed by atoms with Gasteiger partial charge in [0.25, 0.3) is 10.0 Å². The van der Waals surface area contributed by atoms with E-state index in [0.717, 1.165) is 26.6 Å². The summed E-state index contributed by atoms with van der Waals surface area (Å²) in [6.45, 7) is 9.47. The number of nitrogens with one attached hydrogen (secondary N) is 1. The Kier molecular flexibility index (Phi) is 8.86. The van der Waals surface area contributed by atoms with Crippen molar-refractivity contribution in [1.82, 2.24) is 5.32 Å². The normalized spacial score (nSPS) is 12.1. The molecule has 1 amide bonds. The summed E-state index contributed by atoms with van der Waals surface area (Å²) in [5.41, 5.74) is 5.50. The minimum absolute atomic E-state index is 0.00156. The lowest BCUT2D eigenvalue weighted by Gasteiger charge is -2.26. The summed E-state index contributed by atoms with van der Waals surface area (Å²) < 4.78 is 39.6. The molecule has 3 aromatic carbocycles. The van der Waals surface area contributed by atoms with Crippen LogP contribution in [0.2, 0.25) is 0 Å². The second kappa shape index (κ2) is 11.7. The average molecular weight is 525 g/mol. The molecule has 3 aromatic rings. The van der Waals surface area contributed by atoms with E-state index in [4.69, 9.17) is 9.47 Å². The number of carbonyl (C=O) groups is 1. The molecule has 1 unspecified atom stereocenters. The molecule has 0 aromatic heterocycles. The maximum atomic E-state index is 13.9. The molecule has 7 nitrogen and oxygen atoms in total. The zero-order valence-corrected chi connectivity index (χ0v) is 23.4. The van der Waals surface area contributed by atoms with Crippen molar-refractivity contribution in [2.45, 2.75) is 52.0 Å². The zero-order valence-electron chi connectivity index (χ0n) is 22.6. The minimum atomic E-state index is -4.12. The van der Waals surface area contributed by atoms with E-state index < -0.39 is 15.9 Å². The Morgan fingerprint density at radius 1 is 0.865 bits per heavy atom. The van der Waals surface area contributed by atoms with Gasteiger partial charge >= 0.3 is 0 Å². The van der Waals surface area contributed by atoms with Gasteiger partial charge < -0.3 is 14.8 Å². The van der Waals surface area contributed by atoms with Crippen molar-refractivity contribution < 1.29 is 22.7 Å². The van der Waals surface area contributed by atoms with Gasteiger partial charge in [0, 0.05) is 6.07 Å². The molecule has 0 saturated carbocycles. The fourth-order valence-electron chi connectivity index (χ4n) is 4.29. The second-order valence-corrected chi connectivity index (χ2v) is 11.1. The Morgan fingerprint density at radius 2 is 1.51 bits per heavy atom. The Labute approximate surface area is 220 Å². The van der Waals surface area contributed by atoms with E-state index in [2.05, 4.69) is 11.4 Å². The summed E-state index contributed by atoms with van der Waals surface area (Å²) in [6, 6.07) is 15.7. The molecule has 1 N–H and O–H groups in total. The third kappa shape index (κ3) is 6.43. The van der Waals surface area contributed by atoms with Crippen LogP contribution in [-0.4, -0.2) is 35.1 Å². The summed E-state index contributed by atoms with van der Waals surface area (Å²) in [7, 11) is -1.19. The molecule has 198 valence electrons. The van der Waals surface area contributed by atoms with Crippen LogP contribution < -0.4 is 19.1 Å². The topological polar surface area (TPSA) is 84.9 Å². The van der Waals surface area contributed by atoms with E-state index in [-0.39, 0.29) is 23.2 Å². The number of carbonyl (C=O) groups excluding carboxylic acids is 1. The first-order valence-electron chi connectivity index (χ1n) is 12.2. The maximum Gasteiger partial charge on any atom is 0.264 e. The lowest BCUT2D eigenvalue weighted by Crippen LogP contribution is -2.42. The van der Waals surface area contributed by atoms with E-state index in [1.165, 1.54) is 38.0 Å². The van der Waals surface area contributed by atoms with Crippen molar-refractivity contribution in [3.05, 3.63) is 82.4 Å². The van der Waals surface area contributed by atoms with Crippen LogP contribution in [0.5, 0.6) is 11.5 Å². The van der Waals surface area contributed by atoms with Gasteiger partial charge in [-0.25, -0.2) is 8.42 Å². The van der Waals surface area contributed by atoms with E-state index in [1.807, 2.05) is 52.8 Å². The number of methoxy groups -OCH3 is 2. The molecule has 37 heavy (non-hydrogen) atoms. The first kappa shape index (κ1) is 28.1. The lowest BCUT2D eigenvalue weighted by atomic mass is 9.99. The fourth-order valence-corrected chi connectivity index (χ4v) is 5.71. The number of sulfonamides is 1. The molecule has 8 heteroatoms. The number of hydrogen-bond acceptors (Lipinski definition) is 5. The number of rotatable bonds is 10. The highest BCUT2D eigenvalue weighted by atomic mass is 32.2. The largest absolute Gasteiger partial charge is 0.493 e. The number of nitrogens with zero attached hydrogens (tertiary/aromatic N) is 1. The summed E-state index contributed by atoms with van der Waals surface area (Å²) in [4.78, 5) is 13.3. The molecule has 3 rings (SSSR count). The van der Waals surface area contributed by atoms with Gasteiger partial charge in [0.2, 0.25) is 5.91 Å². The average Bonchev–Trinajstić information content (AvgIpc) is 2.86.